The maximum Gasteiger partial charge on any atom is 0.232 e. The van der Waals surface area contributed by atoms with Crippen molar-refractivity contribution in [3.8, 4) is 0 Å². The summed E-state index contributed by atoms with van der Waals surface area (Å²) in [5.41, 5.74) is 2.24. The van der Waals surface area contributed by atoms with E-state index in [1.54, 1.807) is 0 Å². The van der Waals surface area contributed by atoms with E-state index in [-0.39, 0.29) is 18.2 Å². The summed E-state index contributed by atoms with van der Waals surface area (Å²) in [5.74, 6) is -0.230. The van der Waals surface area contributed by atoms with Gasteiger partial charge in [0.05, 0.1) is 0 Å². The Balaban J connectivity index is 1.78. The number of aryl methyl sites for hydroxylation is 1. The lowest BCUT2D eigenvalue weighted by atomic mass is 10.1. The predicted molar refractivity (Wildman–Crippen MR) is 82.7 cm³/mol. The van der Waals surface area contributed by atoms with Gasteiger partial charge in [-0.25, -0.2) is 0 Å². The van der Waals surface area contributed by atoms with Gasteiger partial charge in [0.15, 0.2) is 0 Å². The van der Waals surface area contributed by atoms with Crippen LogP contribution >= 0.6 is 0 Å². The molecular formula is C17H24N2O2. The third-order valence-corrected chi connectivity index (χ3v) is 4.01. The number of benzene rings is 1. The van der Waals surface area contributed by atoms with E-state index in [2.05, 4.69) is 5.32 Å². The van der Waals surface area contributed by atoms with Gasteiger partial charge in [-0.2, -0.15) is 0 Å². The van der Waals surface area contributed by atoms with Crippen LogP contribution in [0.2, 0.25) is 0 Å². The van der Waals surface area contributed by atoms with Gasteiger partial charge in [0, 0.05) is 19.6 Å². The SMILES string of the molecule is Cc1ccccc1CNC(=O)CC(=O)N1CCCCCC1. The van der Waals surface area contributed by atoms with Crippen molar-refractivity contribution in [2.45, 2.75) is 45.6 Å². The minimum atomic E-state index is -0.188. The summed E-state index contributed by atoms with van der Waals surface area (Å²) >= 11 is 0. The number of nitrogens with zero attached hydrogens (tertiary/aromatic N) is 1. The second kappa shape index (κ2) is 7.81. The van der Waals surface area contributed by atoms with Gasteiger partial charge in [-0.1, -0.05) is 37.1 Å². The molecule has 0 spiro atoms. The Morgan fingerprint density at radius 2 is 1.76 bits per heavy atom. The average Bonchev–Trinajstić information content (AvgIpc) is 2.75. The second-order valence-corrected chi connectivity index (χ2v) is 5.67. The van der Waals surface area contributed by atoms with E-state index in [9.17, 15) is 9.59 Å². The van der Waals surface area contributed by atoms with Crippen molar-refractivity contribution in [3.63, 3.8) is 0 Å². The molecule has 4 nitrogen and oxygen atoms in total. The van der Waals surface area contributed by atoms with Crippen LogP contribution in [-0.2, 0) is 16.1 Å². The fourth-order valence-electron chi connectivity index (χ4n) is 2.63. The van der Waals surface area contributed by atoms with Crippen LogP contribution in [0.15, 0.2) is 24.3 Å². The van der Waals surface area contributed by atoms with Crippen molar-refractivity contribution >= 4 is 11.8 Å². The summed E-state index contributed by atoms with van der Waals surface area (Å²) in [6.07, 6.45) is 4.44. The fraction of sp³-hybridized carbons (Fsp3) is 0.529. The molecule has 0 atom stereocenters. The Labute approximate surface area is 126 Å². The molecule has 4 heteroatoms. The Morgan fingerprint density at radius 1 is 1.10 bits per heavy atom. The summed E-state index contributed by atoms with van der Waals surface area (Å²) in [6.45, 7) is 4.09. The van der Waals surface area contributed by atoms with Crippen LogP contribution in [0.3, 0.4) is 0 Å². The number of amides is 2. The molecule has 1 aromatic rings. The van der Waals surface area contributed by atoms with Crippen LogP contribution in [-0.4, -0.2) is 29.8 Å². The quantitative estimate of drug-likeness (QED) is 0.865. The molecule has 0 aliphatic carbocycles. The third-order valence-electron chi connectivity index (χ3n) is 4.01. The van der Waals surface area contributed by atoms with Crippen molar-refractivity contribution in [2.24, 2.45) is 0 Å². The van der Waals surface area contributed by atoms with Crippen LogP contribution < -0.4 is 5.32 Å². The number of hydrogen-bond acceptors (Lipinski definition) is 2. The molecule has 0 aromatic heterocycles. The molecule has 1 aliphatic heterocycles. The molecule has 1 aromatic carbocycles. The Hall–Kier alpha value is -1.84. The van der Waals surface area contributed by atoms with Gasteiger partial charge in [0.2, 0.25) is 11.8 Å². The zero-order valence-corrected chi connectivity index (χ0v) is 12.7. The maximum absolute atomic E-state index is 12.1. The van der Waals surface area contributed by atoms with Gasteiger partial charge in [0.25, 0.3) is 0 Å². The molecule has 1 heterocycles. The predicted octanol–water partition coefficient (Wildman–Crippen LogP) is 2.40. The highest BCUT2D eigenvalue weighted by Gasteiger charge is 2.18. The van der Waals surface area contributed by atoms with E-state index < -0.39 is 0 Å². The van der Waals surface area contributed by atoms with Crippen molar-refractivity contribution in [1.29, 1.82) is 0 Å². The molecule has 1 N–H and O–H groups in total. The maximum atomic E-state index is 12.1. The minimum Gasteiger partial charge on any atom is -0.352 e. The van der Waals surface area contributed by atoms with Crippen LogP contribution in [0.25, 0.3) is 0 Å². The van der Waals surface area contributed by atoms with Crippen molar-refractivity contribution in [3.05, 3.63) is 35.4 Å². The summed E-state index contributed by atoms with van der Waals surface area (Å²) in [5, 5.41) is 2.84. The molecule has 0 bridgehead atoms. The van der Waals surface area contributed by atoms with E-state index in [1.165, 1.54) is 12.8 Å². The Morgan fingerprint density at radius 3 is 2.43 bits per heavy atom. The van der Waals surface area contributed by atoms with Gasteiger partial charge in [0.1, 0.15) is 6.42 Å². The summed E-state index contributed by atoms with van der Waals surface area (Å²) in [4.78, 5) is 25.8. The van der Waals surface area contributed by atoms with Crippen molar-refractivity contribution < 1.29 is 9.59 Å². The molecule has 114 valence electrons. The highest BCUT2D eigenvalue weighted by molar-refractivity contribution is 5.96. The Bertz CT molecular complexity index is 491. The highest BCUT2D eigenvalue weighted by atomic mass is 16.2. The molecule has 0 unspecified atom stereocenters. The van der Waals surface area contributed by atoms with Crippen molar-refractivity contribution in [1.82, 2.24) is 10.2 Å². The topological polar surface area (TPSA) is 49.4 Å². The summed E-state index contributed by atoms with van der Waals surface area (Å²) in [7, 11) is 0. The van der Waals surface area contributed by atoms with Gasteiger partial charge < -0.3 is 10.2 Å². The number of likely N-dealkylation sites (tertiary alicyclic amines) is 1. The van der Waals surface area contributed by atoms with Crippen LogP contribution in [0.4, 0.5) is 0 Å². The first-order valence-electron chi connectivity index (χ1n) is 7.76. The first kappa shape index (κ1) is 15.5. The van der Waals surface area contributed by atoms with Crippen LogP contribution in [0, 0.1) is 6.92 Å². The van der Waals surface area contributed by atoms with Crippen LogP contribution in [0.1, 0.15) is 43.2 Å². The number of rotatable bonds is 4. The molecule has 0 radical (unpaired) electrons. The zero-order valence-electron chi connectivity index (χ0n) is 12.7. The lowest BCUT2D eigenvalue weighted by Crippen LogP contribution is -2.36. The first-order chi connectivity index (χ1) is 10.2. The number of hydrogen-bond donors (Lipinski definition) is 1. The summed E-state index contributed by atoms with van der Waals surface area (Å²) in [6, 6.07) is 7.94. The smallest absolute Gasteiger partial charge is 0.232 e. The average molecular weight is 288 g/mol. The lowest BCUT2D eigenvalue weighted by Gasteiger charge is -2.20. The van der Waals surface area contributed by atoms with E-state index in [0.717, 1.165) is 37.1 Å². The van der Waals surface area contributed by atoms with Gasteiger partial charge in [-0.05, 0) is 30.9 Å². The first-order valence-corrected chi connectivity index (χ1v) is 7.76. The molecule has 2 rings (SSSR count). The molecule has 1 saturated heterocycles. The fourth-order valence-corrected chi connectivity index (χ4v) is 2.63. The molecular weight excluding hydrogens is 264 g/mol. The second-order valence-electron chi connectivity index (χ2n) is 5.67. The van der Waals surface area contributed by atoms with E-state index in [1.807, 2.05) is 36.1 Å². The van der Waals surface area contributed by atoms with E-state index in [0.29, 0.717) is 6.54 Å². The summed E-state index contributed by atoms with van der Waals surface area (Å²) < 4.78 is 0. The normalized spacial score (nSPS) is 15.4. The highest BCUT2D eigenvalue weighted by Crippen LogP contribution is 2.11. The van der Waals surface area contributed by atoms with E-state index >= 15 is 0 Å². The van der Waals surface area contributed by atoms with Crippen molar-refractivity contribution in [2.75, 3.05) is 13.1 Å². The van der Waals surface area contributed by atoms with Gasteiger partial charge >= 0.3 is 0 Å². The third kappa shape index (κ3) is 4.88. The molecule has 1 aliphatic rings. The van der Waals surface area contributed by atoms with Gasteiger partial charge in [-0.15, -0.1) is 0 Å². The number of carbonyl (C=O) groups excluding carboxylic acids is 2. The largest absolute Gasteiger partial charge is 0.352 e. The van der Waals surface area contributed by atoms with E-state index in [4.69, 9.17) is 0 Å². The zero-order chi connectivity index (χ0) is 15.1. The van der Waals surface area contributed by atoms with Crippen LogP contribution in [0.5, 0.6) is 0 Å². The molecule has 0 saturated carbocycles. The molecule has 21 heavy (non-hydrogen) atoms. The molecule has 1 fully saturated rings. The van der Waals surface area contributed by atoms with Gasteiger partial charge in [-0.3, -0.25) is 9.59 Å². The number of carbonyl (C=O) groups is 2. The standard InChI is InChI=1S/C17H24N2O2/c1-14-8-4-5-9-15(14)13-18-16(20)12-17(21)19-10-6-2-3-7-11-19/h4-5,8-9H,2-3,6-7,10-13H2,1H3,(H,18,20). The monoisotopic (exact) mass is 288 g/mol. The Kier molecular flexibility index (Phi) is 5.78. The number of nitrogens with one attached hydrogen (secondary N) is 1. The molecule has 2 amide bonds. The minimum absolute atomic E-state index is 0.0358. The lowest BCUT2D eigenvalue weighted by molar-refractivity contribution is -0.136.